The van der Waals surface area contributed by atoms with Crippen LogP contribution in [0.3, 0.4) is 0 Å². The minimum Gasteiger partial charge on any atom is -0.495 e. The highest BCUT2D eigenvalue weighted by molar-refractivity contribution is 8.13. The lowest BCUT2D eigenvalue weighted by Gasteiger charge is -2.22. The zero-order chi connectivity index (χ0) is 13.3. The molecule has 1 aliphatic heterocycles. The predicted molar refractivity (Wildman–Crippen MR) is 67.5 cm³/mol. The van der Waals surface area contributed by atoms with E-state index in [9.17, 15) is 8.42 Å². The summed E-state index contributed by atoms with van der Waals surface area (Å²) >= 11 is 6.09. The van der Waals surface area contributed by atoms with Crippen LogP contribution in [0.25, 0.3) is 0 Å². The van der Waals surface area contributed by atoms with Crippen LogP contribution in [0.15, 0.2) is 6.07 Å². The first-order valence-corrected chi connectivity index (χ1v) is 7.85. The molecule has 0 amide bonds. The zero-order valence-corrected chi connectivity index (χ0v) is 11.7. The Kier molecular flexibility index (Phi) is 3.79. The van der Waals surface area contributed by atoms with Crippen LogP contribution in [0.4, 0.5) is 0 Å². The van der Waals surface area contributed by atoms with Gasteiger partial charge in [0.05, 0.1) is 12.9 Å². The third kappa shape index (κ3) is 2.76. The predicted octanol–water partition coefficient (Wildman–Crippen LogP) is 2.19. The normalized spacial score (nSPS) is 14.4. The van der Waals surface area contributed by atoms with Crippen molar-refractivity contribution in [1.29, 1.82) is 0 Å². The standard InChI is InChI=1S/C10H10Cl2O5S/c1-15-9-6(5-18(12,13)14)4-7-10(8(9)11)17-3-2-16-7/h4H,2-3,5H2,1H3. The fraction of sp³-hybridized carbons (Fsp3) is 0.400. The van der Waals surface area contributed by atoms with Gasteiger partial charge in [-0.25, -0.2) is 8.42 Å². The molecule has 5 nitrogen and oxygen atoms in total. The molecule has 8 heteroatoms. The van der Waals surface area contributed by atoms with Gasteiger partial charge in [0.1, 0.15) is 24.0 Å². The lowest BCUT2D eigenvalue weighted by atomic mass is 10.2. The van der Waals surface area contributed by atoms with Gasteiger partial charge >= 0.3 is 0 Å². The molecule has 0 aromatic heterocycles. The van der Waals surface area contributed by atoms with E-state index in [1.54, 1.807) is 0 Å². The lowest BCUT2D eigenvalue weighted by molar-refractivity contribution is 0.170. The summed E-state index contributed by atoms with van der Waals surface area (Å²) < 4.78 is 38.1. The van der Waals surface area contributed by atoms with Crippen LogP contribution >= 0.6 is 22.3 Å². The number of ether oxygens (including phenoxy) is 3. The van der Waals surface area contributed by atoms with Gasteiger partial charge in [-0.2, -0.15) is 0 Å². The summed E-state index contributed by atoms with van der Waals surface area (Å²) in [5, 5.41) is 0.185. The molecule has 0 atom stereocenters. The van der Waals surface area contributed by atoms with Gasteiger partial charge in [0.15, 0.2) is 11.5 Å². The van der Waals surface area contributed by atoms with Gasteiger partial charge in [-0.3, -0.25) is 0 Å². The van der Waals surface area contributed by atoms with Crippen molar-refractivity contribution in [2.75, 3.05) is 20.3 Å². The summed E-state index contributed by atoms with van der Waals surface area (Å²) in [6.07, 6.45) is 0. The maximum absolute atomic E-state index is 11.1. The van der Waals surface area contributed by atoms with Crippen molar-refractivity contribution in [3.05, 3.63) is 16.7 Å². The number of benzene rings is 1. The van der Waals surface area contributed by atoms with E-state index in [1.807, 2.05) is 0 Å². The molecular weight excluding hydrogens is 303 g/mol. The first-order valence-electron chi connectivity index (χ1n) is 4.99. The number of hydrogen-bond donors (Lipinski definition) is 0. The zero-order valence-electron chi connectivity index (χ0n) is 9.40. The largest absolute Gasteiger partial charge is 0.495 e. The smallest absolute Gasteiger partial charge is 0.236 e. The first-order chi connectivity index (χ1) is 8.42. The molecule has 1 aromatic rings. The summed E-state index contributed by atoms with van der Waals surface area (Å²) in [6, 6.07) is 1.51. The maximum atomic E-state index is 11.1. The number of fused-ring (bicyclic) bond motifs is 1. The van der Waals surface area contributed by atoms with Crippen molar-refractivity contribution in [1.82, 2.24) is 0 Å². The first kappa shape index (κ1) is 13.6. The second-order valence-corrected chi connectivity index (χ2v) is 6.75. The Bertz CT molecular complexity index is 570. The van der Waals surface area contributed by atoms with E-state index in [1.165, 1.54) is 13.2 Å². The Morgan fingerprint density at radius 3 is 2.67 bits per heavy atom. The molecule has 0 unspecified atom stereocenters. The van der Waals surface area contributed by atoms with Gasteiger partial charge in [-0.1, -0.05) is 11.6 Å². The highest BCUT2D eigenvalue weighted by Gasteiger charge is 2.24. The summed E-state index contributed by atoms with van der Waals surface area (Å²) in [4.78, 5) is 0. The second-order valence-electron chi connectivity index (χ2n) is 3.59. The van der Waals surface area contributed by atoms with Crippen molar-refractivity contribution in [3.8, 4) is 17.2 Å². The fourth-order valence-electron chi connectivity index (χ4n) is 1.69. The molecule has 0 bridgehead atoms. The highest BCUT2D eigenvalue weighted by Crippen LogP contribution is 2.45. The van der Waals surface area contributed by atoms with Gasteiger partial charge in [0.2, 0.25) is 9.05 Å². The summed E-state index contributed by atoms with van der Waals surface area (Å²) in [5.41, 5.74) is 0.335. The van der Waals surface area contributed by atoms with Crippen LogP contribution in [-0.4, -0.2) is 28.7 Å². The number of halogens is 2. The third-order valence-electron chi connectivity index (χ3n) is 2.34. The van der Waals surface area contributed by atoms with Crippen molar-refractivity contribution in [2.24, 2.45) is 0 Å². The molecule has 0 spiro atoms. The van der Waals surface area contributed by atoms with E-state index in [-0.39, 0.29) is 10.8 Å². The molecule has 0 N–H and O–H groups in total. The molecule has 0 radical (unpaired) electrons. The Morgan fingerprint density at radius 1 is 1.39 bits per heavy atom. The van der Waals surface area contributed by atoms with Crippen molar-refractivity contribution in [2.45, 2.75) is 5.75 Å². The fourth-order valence-corrected chi connectivity index (χ4v) is 2.98. The topological polar surface area (TPSA) is 61.8 Å². The Morgan fingerprint density at radius 2 is 2.06 bits per heavy atom. The molecule has 100 valence electrons. The number of hydrogen-bond acceptors (Lipinski definition) is 5. The number of methoxy groups -OCH3 is 1. The van der Waals surface area contributed by atoms with Crippen molar-refractivity contribution < 1.29 is 22.6 Å². The van der Waals surface area contributed by atoms with E-state index in [4.69, 9.17) is 36.5 Å². The van der Waals surface area contributed by atoms with E-state index in [0.717, 1.165) is 0 Å². The Labute approximate surface area is 114 Å². The second kappa shape index (κ2) is 5.03. The molecule has 2 rings (SSSR count). The molecule has 0 aliphatic carbocycles. The maximum Gasteiger partial charge on any atom is 0.236 e. The molecule has 0 fully saturated rings. The molecule has 18 heavy (non-hydrogen) atoms. The monoisotopic (exact) mass is 312 g/mol. The molecular formula is C10H10Cl2O5S. The minimum absolute atomic E-state index is 0.185. The molecule has 1 aliphatic rings. The molecule has 0 saturated heterocycles. The van der Waals surface area contributed by atoms with E-state index < -0.39 is 14.8 Å². The van der Waals surface area contributed by atoms with Crippen LogP contribution in [0, 0.1) is 0 Å². The number of rotatable bonds is 3. The van der Waals surface area contributed by atoms with Crippen LogP contribution in [-0.2, 0) is 14.8 Å². The van der Waals surface area contributed by atoms with Crippen molar-refractivity contribution in [3.63, 3.8) is 0 Å². The van der Waals surface area contributed by atoms with E-state index >= 15 is 0 Å². The molecule has 1 heterocycles. The van der Waals surface area contributed by atoms with Crippen LogP contribution in [0.1, 0.15) is 5.56 Å². The van der Waals surface area contributed by atoms with Gasteiger partial charge < -0.3 is 14.2 Å². The molecule has 0 saturated carbocycles. The average molecular weight is 313 g/mol. The Hall–Kier alpha value is -0.850. The lowest BCUT2D eigenvalue weighted by Crippen LogP contribution is -2.16. The van der Waals surface area contributed by atoms with Crippen molar-refractivity contribution >= 4 is 31.3 Å². The van der Waals surface area contributed by atoms with Gasteiger partial charge in [-0.05, 0) is 6.07 Å². The molecule has 1 aromatic carbocycles. The van der Waals surface area contributed by atoms with Gasteiger partial charge in [0, 0.05) is 16.2 Å². The summed E-state index contributed by atoms with van der Waals surface area (Å²) in [6.45, 7) is 0.756. The van der Waals surface area contributed by atoms with Crippen LogP contribution in [0.2, 0.25) is 5.02 Å². The van der Waals surface area contributed by atoms with Crippen LogP contribution < -0.4 is 14.2 Å². The van der Waals surface area contributed by atoms with Gasteiger partial charge in [-0.15, -0.1) is 0 Å². The summed E-state index contributed by atoms with van der Waals surface area (Å²) in [5.74, 6) is 0.580. The summed E-state index contributed by atoms with van der Waals surface area (Å²) in [7, 11) is 2.91. The van der Waals surface area contributed by atoms with E-state index in [0.29, 0.717) is 30.3 Å². The Balaban J connectivity index is 2.55. The van der Waals surface area contributed by atoms with E-state index in [2.05, 4.69) is 0 Å². The highest BCUT2D eigenvalue weighted by atomic mass is 35.7. The van der Waals surface area contributed by atoms with Crippen LogP contribution in [0.5, 0.6) is 17.2 Å². The van der Waals surface area contributed by atoms with Gasteiger partial charge in [0.25, 0.3) is 0 Å². The SMILES string of the molecule is COc1c(CS(=O)(=O)Cl)cc2c(c1Cl)OCCO2. The quantitative estimate of drug-likeness (QED) is 0.801. The third-order valence-corrected chi connectivity index (χ3v) is 3.67. The minimum atomic E-state index is -3.72. The average Bonchev–Trinajstić information content (AvgIpc) is 2.27.